The largest absolute Gasteiger partial charge is 0.0619 e. The molecule has 126 valence electrons. The molecule has 4 aliphatic rings. The maximum atomic E-state index is 2.61. The summed E-state index contributed by atoms with van der Waals surface area (Å²) in [7, 11) is 0. The number of fused-ring (bicyclic) bond motifs is 10. The van der Waals surface area contributed by atoms with Gasteiger partial charge in [-0.15, -0.1) is 0 Å². The third kappa shape index (κ3) is 1.32. The smallest absolute Gasteiger partial charge is 0.0215 e. The average Bonchev–Trinajstić information content (AvgIpc) is 3.07. The van der Waals surface area contributed by atoms with Gasteiger partial charge in [-0.05, 0) is 82.3 Å². The standard InChI is InChI=1S/C26H22/c1-3-9-21-17(7-1)19-15-24-20(16-23(19)25(21)11-5-12-25)18-8-2-4-10-22(18)26(24)13-6-14-26/h1-4,7-10,15-16H,5-6,11-14H2. The molecule has 0 unspecified atom stereocenters. The van der Waals surface area contributed by atoms with Gasteiger partial charge in [-0.3, -0.25) is 0 Å². The fourth-order valence-corrected chi connectivity index (χ4v) is 6.54. The molecular weight excluding hydrogens is 312 g/mol. The highest BCUT2D eigenvalue weighted by atomic mass is 14.5. The molecule has 0 aliphatic heterocycles. The second-order valence-corrected chi connectivity index (χ2v) is 8.91. The first-order chi connectivity index (χ1) is 12.8. The summed E-state index contributed by atoms with van der Waals surface area (Å²) in [5.41, 5.74) is 13.2. The van der Waals surface area contributed by atoms with Gasteiger partial charge in [0.2, 0.25) is 0 Å². The van der Waals surface area contributed by atoms with Crippen LogP contribution in [0.4, 0.5) is 0 Å². The Morgan fingerprint density at radius 2 is 0.885 bits per heavy atom. The second kappa shape index (κ2) is 4.31. The Labute approximate surface area is 154 Å². The molecule has 0 N–H and O–H groups in total. The lowest BCUT2D eigenvalue weighted by atomic mass is 9.61. The summed E-state index contributed by atoms with van der Waals surface area (Å²) in [5, 5.41) is 0. The van der Waals surface area contributed by atoms with E-state index in [0.29, 0.717) is 10.8 Å². The van der Waals surface area contributed by atoms with Gasteiger partial charge in [0, 0.05) is 10.8 Å². The minimum Gasteiger partial charge on any atom is -0.0619 e. The van der Waals surface area contributed by atoms with Crippen LogP contribution in [0.3, 0.4) is 0 Å². The van der Waals surface area contributed by atoms with E-state index in [9.17, 15) is 0 Å². The SMILES string of the molecule is c1ccc2c(c1)-c1cc3c(cc1C21CCC1)-c1ccccc1C31CCC1. The number of rotatable bonds is 0. The van der Waals surface area contributed by atoms with E-state index in [1.165, 1.54) is 60.8 Å². The molecule has 4 aliphatic carbocycles. The number of hydrogen-bond acceptors (Lipinski definition) is 0. The Bertz CT molecular complexity index is 1000. The van der Waals surface area contributed by atoms with Crippen LogP contribution in [0.2, 0.25) is 0 Å². The minimum atomic E-state index is 0.311. The Morgan fingerprint density at radius 3 is 1.27 bits per heavy atom. The van der Waals surface area contributed by atoms with Crippen molar-refractivity contribution in [3.8, 4) is 22.3 Å². The summed E-state index contributed by atoms with van der Waals surface area (Å²) >= 11 is 0. The summed E-state index contributed by atoms with van der Waals surface area (Å²) in [4.78, 5) is 0. The first-order valence-corrected chi connectivity index (χ1v) is 10.2. The van der Waals surface area contributed by atoms with E-state index in [4.69, 9.17) is 0 Å². The summed E-state index contributed by atoms with van der Waals surface area (Å²) in [6, 6.07) is 23.7. The van der Waals surface area contributed by atoms with Gasteiger partial charge in [-0.2, -0.15) is 0 Å². The molecule has 2 spiro atoms. The van der Waals surface area contributed by atoms with Crippen molar-refractivity contribution >= 4 is 0 Å². The van der Waals surface area contributed by atoms with Crippen molar-refractivity contribution in [1.82, 2.24) is 0 Å². The van der Waals surface area contributed by atoms with Crippen molar-refractivity contribution in [2.24, 2.45) is 0 Å². The van der Waals surface area contributed by atoms with Crippen LogP contribution in [0.5, 0.6) is 0 Å². The van der Waals surface area contributed by atoms with Crippen molar-refractivity contribution in [3.63, 3.8) is 0 Å². The van der Waals surface area contributed by atoms with Crippen molar-refractivity contribution in [3.05, 3.63) is 82.9 Å². The predicted octanol–water partition coefficient (Wildman–Crippen LogP) is 6.59. The van der Waals surface area contributed by atoms with E-state index >= 15 is 0 Å². The molecule has 26 heavy (non-hydrogen) atoms. The highest BCUT2D eigenvalue weighted by molar-refractivity contribution is 5.90. The van der Waals surface area contributed by atoms with Gasteiger partial charge in [0.15, 0.2) is 0 Å². The highest BCUT2D eigenvalue weighted by Gasteiger charge is 2.51. The van der Waals surface area contributed by atoms with Gasteiger partial charge in [-0.1, -0.05) is 61.4 Å². The van der Waals surface area contributed by atoms with E-state index < -0.39 is 0 Å². The molecule has 0 amide bonds. The first kappa shape index (κ1) is 13.8. The van der Waals surface area contributed by atoms with Gasteiger partial charge in [0.25, 0.3) is 0 Å². The van der Waals surface area contributed by atoms with Gasteiger partial charge in [-0.25, -0.2) is 0 Å². The predicted molar refractivity (Wildman–Crippen MR) is 107 cm³/mol. The zero-order chi connectivity index (χ0) is 16.9. The minimum absolute atomic E-state index is 0.311. The molecule has 3 aromatic rings. The number of hydrogen-bond donors (Lipinski definition) is 0. The Kier molecular flexibility index (Phi) is 2.29. The summed E-state index contributed by atoms with van der Waals surface area (Å²) in [5.74, 6) is 0. The topological polar surface area (TPSA) is 0 Å². The Morgan fingerprint density at radius 1 is 0.462 bits per heavy atom. The fraction of sp³-hybridized carbons (Fsp3) is 0.308. The van der Waals surface area contributed by atoms with E-state index in [1.54, 1.807) is 22.3 Å². The highest BCUT2D eigenvalue weighted by Crippen LogP contribution is 2.64. The van der Waals surface area contributed by atoms with Gasteiger partial charge >= 0.3 is 0 Å². The lowest BCUT2D eigenvalue weighted by molar-refractivity contribution is 0.305. The van der Waals surface area contributed by atoms with Gasteiger partial charge < -0.3 is 0 Å². The lowest BCUT2D eigenvalue weighted by Crippen LogP contribution is -2.34. The molecule has 0 saturated heterocycles. The van der Waals surface area contributed by atoms with Gasteiger partial charge in [0.1, 0.15) is 0 Å². The van der Waals surface area contributed by atoms with Crippen LogP contribution in [0.1, 0.15) is 60.8 Å². The van der Waals surface area contributed by atoms with E-state index in [1.807, 2.05) is 0 Å². The maximum Gasteiger partial charge on any atom is 0.0215 e. The lowest BCUT2D eigenvalue weighted by Gasteiger charge is -2.42. The molecule has 7 rings (SSSR count). The van der Waals surface area contributed by atoms with Crippen LogP contribution in [-0.4, -0.2) is 0 Å². The molecule has 0 nitrogen and oxygen atoms in total. The Balaban J connectivity index is 1.58. The van der Waals surface area contributed by atoms with E-state index in [-0.39, 0.29) is 0 Å². The molecule has 0 radical (unpaired) electrons. The first-order valence-electron chi connectivity index (χ1n) is 10.2. The van der Waals surface area contributed by atoms with Crippen molar-refractivity contribution in [2.75, 3.05) is 0 Å². The molecule has 3 aromatic carbocycles. The molecule has 0 heterocycles. The molecule has 0 aromatic heterocycles. The molecule has 0 atom stereocenters. The molecule has 2 saturated carbocycles. The molecule has 0 heteroatoms. The second-order valence-electron chi connectivity index (χ2n) is 8.91. The van der Waals surface area contributed by atoms with Crippen LogP contribution < -0.4 is 0 Å². The summed E-state index contributed by atoms with van der Waals surface area (Å²) in [6.45, 7) is 0. The summed E-state index contributed by atoms with van der Waals surface area (Å²) < 4.78 is 0. The fourth-order valence-electron chi connectivity index (χ4n) is 6.54. The molecule has 0 bridgehead atoms. The summed E-state index contributed by atoms with van der Waals surface area (Å²) in [6.07, 6.45) is 8.02. The van der Waals surface area contributed by atoms with Crippen LogP contribution in [-0.2, 0) is 10.8 Å². The zero-order valence-corrected chi connectivity index (χ0v) is 15.0. The monoisotopic (exact) mass is 334 g/mol. The Hall–Kier alpha value is -2.34. The van der Waals surface area contributed by atoms with Crippen LogP contribution >= 0.6 is 0 Å². The van der Waals surface area contributed by atoms with Crippen molar-refractivity contribution < 1.29 is 0 Å². The van der Waals surface area contributed by atoms with Gasteiger partial charge in [0.05, 0.1) is 0 Å². The van der Waals surface area contributed by atoms with Crippen LogP contribution in [0, 0.1) is 0 Å². The average molecular weight is 334 g/mol. The van der Waals surface area contributed by atoms with Crippen molar-refractivity contribution in [2.45, 2.75) is 49.4 Å². The number of benzene rings is 3. The third-order valence-electron chi connectivity index (χ3n) is 8.07. The molecular formula is C26H22. The van der Waals surface area contributed by atoms with E-state index in [0.717, 1.165) is 0 Å². The molecule has 2 fully saturated rings. The maximum absolute atomic E-state index is 2.61. The van der Waals surface area contributed by atoms with Crippen LogP contribution in [0.25, 0.3) is 22.3 Å². The van der Waals surface area contributed by atoms with Crippen molar-refractivity contribution in [1.29, 1.82) is 0 Å². The third-order valence-corrected chi connectivity index (χ3v) is 8.07. The zero-order valence-electron chi connectivity index (χ0n) is 15.0. The van der Waals surface area contributed by atoms with E-state index in [2.05, 4.69) is 60.7 Å². The normalized spacial score (nSPS) is 21.5. The van der Waals surface area contributed by atoms with Crippen LogP contribution in [0.15, 0.2) is 60.7 Å². The quantitative estimate of drug-likeness (QED) is 0.435.